The maximum absolute atomic E-state index is 12.4. The number of hydrogen-bond acceptors (Lipinski definition) is 7. The highest BCUT2D eigenvalue weighted by Crippen LogP contribution is 2.29. The van der Waals surface area contributed by atoms with Gasteiger partial charge in [0.25, 0.3) is 5.91 Å². The highest BCUT2D eigenvalue weighted by atomic mass is 32.1. The maximum atomic E-state index is 12.4. The molecule has 1 aliphatic heterocycles. The van der Waals surface area contributed by atoms with Gasteiger partial charge in [-0.15, -0.1) is 0 Å². The zero-order valence-electron chi connectivity index (χ0n) is 14.0. The lowest BCUT2D eigenvalue weighted by Gasteiger charge is -2.11. The molecule has 1 fully saturated rings. The summed E-state index contributed by atoms with van der Waals surface area (Å²) in [6, 6.07) is 9.29. The molecule has 8 heteroatoms. The first kappa shape index (κ1) is 16.6. The Morgan fingerprint density at radius 3 is 3.12 bits per heavy atom. The smallest absolute Gasteiger partial charge is 0.251 e. The largest absolute Gasteiger partial charge is 0.348 e. The number of rotatable bonds is 5. The van der Waals surface area contributed by atoms with Gasteiger partial charge in [0.15, 0.2) is 5.13 Å². The Morgan fingerprint density at radius 2 is 2.31 bits per heavy atom. The summed E-state index contributed by atoms with van der Waals surface area (Å²) in [6.07, 6.45) is 3.88. The number of nitrogens with zero attached hydrogens (tertiary/aromatic N) is 2. The van der Waals surface area contributed by atoms with Crippen LogP contribution in [0.2, 0.25) is 0 Å². The number of benzene rings is 1. The van der Waals surface area contributed by atoms with Crippen molar-refractivity contribution in [3.05, 3.63) is 47.7 Å². The summed E-state index contributed by atoms with van der Waals surface area (Å²) < 4.78 is 0.952. The van der Waals surface area contributed by atoms with E-state index < -0.39 is 0 Å². The van der Waals surface area contributed by atoms with Crippen LogP contribution in [0.1, 0.15) is 22.3 Å². The van der Waals surface area contributed by atoms with E-state index >= 15 is 0 Å². The Labute approximate surface area is 154 Å². The number of fused-ring (bicyclic) bond motifs is 1. The average molecular weight is 366 g/mol. The quantitative estimate of drug-likeness (QED) is 0.520. The maximum Gasteiger partial charge on any atom is 0.251 e. The Kier molecular flexibility index (Phi) is 4.59. The zero-order chi connectivity index (χ0) is 17.9. The fourth-order valence-corrected chi connectivity index (χ4v) is 3.89. The highest BCUT2D eigenvalue weighted by Gasteiger charge is 2.18. The lowest BCUT2D eigenvalue weighted by Crippen LogP contribution is -2.36. The molecule has 0 bridgehead atoms. The molecule has 3 heterocycles. The second kappa shape index (κ2) is 7.19. The van der Waals surface area contributed by atoms with Crippen LogP contribution in [0.15, 0.2) is 36.5 Å². The van der Waals surface area contributed by atoms with Gasteiger partial charge in [-0.05, 0) is 31.2 Å². The van der Waals surface area contributed by atoms with Crippen LogP contribution < -0.4 is 16.0 Å². The van der Waals surface area contributed by atoms with Crippen molar-refractivity contribution < 1.29 is 4.79 Å². The summed E-state index contributed by atoms with van der Waals surface area (Å²) in [4.78, 5) is 21.2. The fraction of sp³-hybridized carbons (Fsp3) is 0.222. The van der Waals surface area contributed by atoms with E-state index in [-0.39, 0.29) is 11.9 Å². The van der Waals surface area contributed by atoms with Crippen molar-refractivity contribution in [2.75, 3.05) is 18.4 Å². The zero-order valence-corrected chi connectivity index (χ0v) is 14.8. The Morgan fingerprint density at radius 1 is 1.38 bits per heavy atom. The van der Waals surface area contributed by atoms with Gasteiger partial charge in [-0.1, -0.05) is 23.5 Å². The van der Waals surface area contributed by atoms with Crippen LogP contribution in [0, 0.1) is 5.41 Å². The number of aromatic nitrogens is 2. The molecule has 1 amide bonds. The number of thiazole rings is 1. The number of pyridine rings is 1. The Bertz CT molecular complexity index is 963. The van der Waals surface area contributed by atoms with E-state index in [4.69, 9.17) is 5.41 Å². The monoisotopic (exact) mass is 366 g/mol. The van der Waals surface area contributed by atoms with E-state index in [9.17, 15) is 4.79 Å². The number of carbonyl (C=O) groups excluding carboxylic acids is 1. The van der Waals surface area contributed by atoms with Gasteiger partial charge in [0.05, 0.1) is 10.2 Å². The molecule has 132 valence electrons. The van der Waals surface area contributed by atoms with E-state index in [1.807, 2.05) is 18.2 Å². The lowest BCUT2D eigenvalue weighted by atomic mass is 10.2. The molecule has 1 saturated heterocycles. The minimum absolute atomic E-state index is 0.0976. The lowest BCUT2D eigenvalue weighted by molar-refractivity contribution is 0.0940. The van der Waals surface area contributed by atoms with Crippen molar-refractivity contribution in [2.45, 2.75) is 12.5 Å². The summed E-state index contributed by atoms with van der Waals surface area (Å²) in [5.41, 5.74) is 2.23. The van der Waals surface area contributed by atoms with Crippen LogP contribution in [0.4, 0.5) is 10.9 Å². The molecule has 0 aliphatic carbocycles. The molecule has 3 aromatic rings. The third-order valence-corrected chi connectivity index (χ3v) is 5.29. The predicted octanol–water partition coefficient (Wildman–Crippen LogP) is 2.52. The minimum Gasteiger partial charge on any atom is -0.348 e. The average Bonchev–Trinajstić information content (AvgIpc) is 3.30. The Balaban J connectivity index is 1.53. The number of carbonyl (C=O) groups is 1. The van der Waals surface area contributed by atoms with E-state index in [2.05, 4.69) is 25.9 Å². The van der Waals surface area contributed by atoms with Gasteiger partial charge in [0.2, 0.25) is 0 Å². The van der Waals surface area contributed by atoms with Gasteiger partial charge >= 0.3 is 0 Å². The molecule has 0 unspecified atom stereocenters. The third kappa shape index (κ3) is 3.42. The van der Waals surface area contributed by atoms with Gasteiger partial charge in [-0.3, -0.25) is 4.79 Å². The normalized spacial score (nSPS) is 16.5. The number of nitrogens with one attached hydrogen (secondary N) is 4. The number of amides is 1. The topological polar surface area (TPSA) is 103 Å². The second-order valence-corrected chi connectivity index (χ2v) is 7.08. The van der Waals surface area contributed by atoms with Gasteiger partial charge in [-0.2, -0.15) is 0 Å². The molecule has 1 aromatic carbocycles. The van der Waals surface area contributed by atoms with Crippen molar-refractivity contribution in [3.63, 3.8) is 0 Å². The molecule has 2 aromatic heterocycles. The third-order valence-electron chi connectivity index (χ3n) is 4.25. The van der Waals surface area contributed by atoms with Crippen molar-refractivity contribution in [3.8, 4) is 0 Å². The van der Waals surface area contributed by atoms with Crippen molar-refractivity contribution in [1.82, 2.24) is 20.6 Å². The van der Waals surface area contributed by atoms with Gasteiger partial charge < -0.3 is 21.4 Å². The minimum atomic E-state index is -0.0976. The molecule has 0 saturated carbocycles. The summed E-state index contributed by atoms with van der Waals surface area (Å²) >= 11 is 1.46. The highest BCUT2D eigenvalue weighted by molar-refractivity contribution is 7.22. The van der Waals surface area contributed by atoms with Gasteiger partial charge in [0, 0.05) is 36.1 Å². The van der Waals surface area contributed by atoms with Crippen LogP contribution >= 0.6 is 11.3 Å². The molecular weight excluding hydrogens is 348 g/mol. The van der Waals surface area contributed by atoms with Crippen molar-refractivity contribution in [2.24, 2.45) is 0 Å². The van der Waals surface area contributed by atoms with Crippen LogP contribution in [0.3, 0.4) is 0 Å². The summed E-state index contributed by atoms with van der Waals surface area (Å²) in [7, 11) is 0. The molecule has 4 N–H and O–H groups in total. The molecule has 0 radical (unpaired) electrons. The van der Waals surface area contributed by atoms with Crippen molar-refractivity contribution in [1.29, 1.82) is 5.41 Å². The Hall–Kier alpha value is -2.84. The van der Waals surface area contributed by atoms with Gasteiger partial charge in [0.1, 0.15) is 5.82 Å². The van der Waals surface area contributed by atoms with Crippen LogP contribution in [0.25, 0.3) is 10.2 Å². The van der Waals surface area contributed by atoms with Gasteiger partial charge in [-0.25, -0.2) is 9.97 Å². The number of hydrogen-bond donors (Lipinski definition) is 4. The molecular formula is C18H18N6OS. The second-order valence-electron chi connectivity index (χ2n) is 6.08. The molecule has 1 aliphatic rings. The number of anilines is 2. The summed E-state index contributed by atoms with van der Waals surface area (Å²) in [6.45, 7) is 1.74. The SMILES string of the molecule is N=Cc1cccc2nc(Nc3cc(C(=O)N[C@H]4CCNC4)ccn3)sc12. The van der Waals surface area contributed by atoms with Crippen molar-refractivity contribution >= 4 is 44.6 Å². The first-order chi connectivity index (χ1) is 12.7. The standard InChI is InChI=1S/C18H18N6OS/c19-9-12-2-1-3-14-16(12)26-18(23-14)24-15-8-11(4-7-21-15)17(25)22-13-5-6-20-10-13/h1-4,7-9,13,19-20H,5-6,10H2,(H,22,25)(H,21,23,24)/t13-/m0/s1. The molecule has 26 heavy (non-hydrogen) atoms. The van der Waals surface area contributed by atoms with E-state index in [0.29, 0.717) is 16.5 Å². The van der Waals surface area contributed by atoms with Crippen LogP contribution in [-0.2, 0) is 0 Å². The molecule has 0 spiro atoms. The molecule has 7 nitrogen and oxygen atoms in total. The molecule has 4 rings (SSSR count). The van der Waals surface area contributed by atoms with E-state index in [1.165, 1.54) is 17.6 Å². The first-order valence-electron chi connectivity index (χ1n) is 8.37. The van der Waals surface area contributed by atoms with E-state index in [0.717, 1.165) is 35.3 Å². The van der Waals surface area contributed by atoms with Crippen LogP contribution in [-0.4, -0.2) is 41.2 Å². The summed E-state index contributed by atoms with van der Waals surface area (Å²) in [5, 5.41) is 17.6. The molecule has 1 atom stereocenters. The fourth-order valence-electron chi connectivity index (χ4n) is 2.93. The predicted molar refractivity (Wildman–Crippen MR) is 104 cm³/mol. The van der Waals surface area contributed by atoms with Crippen LogP contribution in [0.5, 0.6) is 0 Å². The van der Waals surface area contributed by atoms with E-state index in [1.54, 1.807) is 18.3 Å². The first-order valence-corrected chi connectivity index (χ1v) is 9.19. The summed E-state index contributed by atoms with van der Waals surface area (Å²) in [5.74, 6) is 0.470.